The number of nitrogens with two attached hydrogens (primary N) is 1. The van der Waals surface area contributed by atoms with Crippen molar-refractivity contribution < 1.29 is 5.11 Å². The van der Waals surface area contributed by atoms with E-state index >= 15 is 0 Å². The lowest BCUT2D eigenvalue weighted by Crippen LogP contribution is -2.56. The summed E-state index contributed by atoms with van der Waals surface area (Å²) in [6.07, 6.45) is 10.6. The van der Waals surface area contributed by atoms with Crippen LogP contribution in [0.2, 0.25) is 0 Å². The van der Waals surface area contributed by atoms with Gasteiger partial charge in [0.1, 0.15) is 0 Å². The normalized spacial score (nSPS) is 57.5. The van der Waals surface area contributed by atoms with E-state index in [0.29, 0.717) is 30.4 Å². The molecule has 4 nitrogen and oxygen atoms in total. The zero-order chi connectivity index (χ0) is 16.1. The zero-order valence-corrected chi connectivity index (χ0v) is 14.5. The molecule has 0 aromatic carbocycles. The molecule has 0 saturated heterocycles. The highest BCUT2D eigenvalue weighted by Crippen LogP contribution is 2.85. The van der Waals surface area contributed by atoms with Crippen molar-refractivity contribution in [3.05, 3.63) is 0 Å². The van der Waals surface area contributed by atoms with Gasteiger partial charge in [0.15, 0.2) is 5.96 Å². The van der Waals surface area contributed by atoms with Gasteiger partial charge in [-0.2, -0.15) is 0 Å². The Balaban J connectivity index is 1.17. The minimum absolute atomic E-state index is 0.489. The molecule has 6 aliphatic carbocycles. The molecule has 0 radical (unpaired) electrons. The first-order valence-corrected chi connectivity index (χ1v) is 10.5. The van der Waals surface area contributed by atoms with Crippen molar-refractivity contribution in [2.45, 2.75) is 63.0 Å². The molecule has 0 aromatic rings. The van der Waals surface area contributed by atoms with Crippen LogP contribution in [0, 0.1) is 47.3 Å². The molecule has 9 unspecified atom stereocenters. The van der Waals surface area contributed by atoms with Gasteiger partial charge < -0.3 is 16.2 Å². The average Bonchev–Trinajstić information content (AvgIpc) is 2.95. The van der Waals surface area contributed by atoms with Crippen LogP contribution in [0.4, 0.5) is 0 Å². The van der Waals surface area contributed by atoms with Gasteiger partial charge in [-0.05, 0) is 73.0 Å². The molecular weight excluding hydrogens is 298 g/mol. The molecule has 6 rings (SSSR count). The SMILES string of the molecule is NC(=NCC1(O)C2C3CC4C5C3CC2C5C41)NC1CCCCCC1. The minimum Gasteiger partial charge on any atom is -0.387 e. The third kappa shape index (κ3) is 1.58. The predicted molar refractivity (Wildman–Crippen MR) is 93.2 cm³/mol. The number of hydrogen-bond acceptors (Lipinski definition) is 2. The third-order valence-corrected chi connectivity index (χ3v) is 9.23. The second kappa shape index (κ2) is 4.69. The first-order valence-electron chi connectivity index (χ1n) is 10.5. The molecule has 0 aromatic heterocycles. The molecule has 9 atom stereocenters. The first kappa shape index (κ1) is 14.4. The molecule has 4 heteroatoms. The van der Waals surface area contributed by atoms with Crippen LogP contribution in [0.3, 0.4) is 0 Å². The van der Waals surface area contributed by atoms with Crippen LogP contribution in [-0.2, 0) is 0 Å². The molecule has 2 bridgehead atoms. The Labute approximate surface area is 144 Å². The Kier molecular flexibility index (Phi) is 2.81. The van der Waals surface area contributed by atoms with Gasteiger partial charge in [0.05, 0.1) is 12.1 Å². The summed E-state index contributed by atoms with van der Waals surface area (Å²) >= 11 is 0. The van der Waals surface area contributed by atoms with Gasteiger partial charge in [-0.3, -0.25) is 4.99 Å². The first-order chi connectivity index (χ1) is 11.7. The lowest BCUT2D eigenvalue weighted by molar-refractivity contribution is -0.123. The molecule has 0 amide bonds. The van der Waals surface area contributed by atoms with Gasteiger partial charge in [-0.15, -0.1) is 0 Å². The predicted octanol–water partition coefficient (Wildman–Crippen LogP) is 2.12. The number of guanidine groups is 1. The van der Waals surface area contributed by atoms with Crippen molar-refractivity contribution in [2.24, 2.45) is 58.1 Å². The van der Waals surface area contributed by atoms with E-state index in [0.717, 1.165) is 35.5 Å². The third-order valence-electron chi connectivity index (χ3n) is 9.23. The average molecular weight is 329 g/mol. The number of aliphatic imine (C=N–C) groups is 1. The van der Waals surface area contributed by atoms with E-state index in [-0.39, 0.29) is 0 Å². The van der Waals surface area contributed by atoms with E-state index in [1.54, 1.807) is 0 Å². The quantitative estimate of drug-likeness (QED) is 0.422. The molecule has 0 aliphatic heterocycles. The van der Waals surface area contributed by atoms with Gasteiger partial charge >= 0.3 is 0 Å². The topological polar surface area (TPSA) is 70.6 Å². The summed E-state index contributed by atoms with van der Waals surface area (Å²) in [7, 11) is 0. The van der Waals surface area contributed by atoms with E-state index in [1.807, 2.05) is 0 Å². The summed E-state index contributed by atoms with van der Waals surface area (Å²) in [5.41, 5.74) is 5.68. The van der Waals surface area contributed by atoms with Crippen molar-refractivity contribution in [3.8, 4) is 0 Å². The van der Waals surface area contributed by atoms with Crippen LogP contribution in [0.5, 0.6) is 0 Å². The van der Waals surface area contributed by atoms with Crippen molar-refractivity contribution in [1.29, 1.82) is 0 Å². The van der Waals surface area contributed by atoms with Gasteiger partial charge in [-0.1, -0.05) is 25.7 Å². The lowest BCUT2D eigenvalue weighted by Gasteiger charge is -2.51. The summed E-state index contributed by atoms with van der Waals surface area (Å²) < 4.78 is 0. The number of fused-ring (bicyclic) bond motifs is 2. The van der Waals surface area contributed by atoms with Gasteiger partial charge in [0.25, 0.3) is 0 Å². The van der Waals surface area contributed by atoms with E-state index in [1.165, 1.54) is 51.4 Å². The van der Waals surface area contributed by atoms with Crippen molar-refractivity contribution >= 4 is 5.96 Å². The fourth-order valence-electron chi connectivity index (χ4n) is 8.83. The summed E-state index contributed by atoms with van der Waals surface area (Å²) in [4.78, 5) is 4.68. The second-order valence-electron chi connectivity index (χ2n) is 9.86. The maximum Gasteiger partial charge on any atom is 0.188 e. The van der Waals surface area contributed by atoms with Gasteiger partial charge in [0, 0.05) is 6.04 Å². The molecule has 6 saturated carbocycles. The summed E-state index contributed by atoms with van der Waals surface area (Å²) in [5, 5.41) is 15.0. The smallest absolute Gasteiger partial charge is 0.188 e. The standard InChI is InChI=1S/C20H31N3O/c21-19(23-10-5-3-1-2-4-6-10)22-9-20(24)17-12-8-13-15-11(12)7-14(17)16(15)18(13)20/h10-18,24H,1-9H2,(H3,21,22,23). The number of rotatable bonds is 3. The van der Waals surface area contributed by atoms with Crippen LogP contribution >= 0.6 is 0 Å². The molecular formula is C20H31N3O. The number of nitrogens with zero attached hydrogens (tertiary/aromatic N) is 1. The van der Waals surface area contributed by atoms with E-state index in [4.69, 9.17) is 5.73 Å². The summed E-state index contributed by atoms with van der Waals surface area (Å²) in [5.74, 6) is 6.93. The maximum atomic E-state index is 11.6. The fraction of sp³-hybridized carbons (Fsp3) is 0.950. The highest BCUT2D eigenvalue weighted by molar-refractivity contribution is 5.78. The zero-order valence-electron chi connectivity index (χ0n) is 14.5. The van der Waals surface area contributed by atoms with Gasteiger partial charge in [0.2, 0.25) is 0 Å². The Morgan fingerprint density at radius 1 is 0.958 bits per heavy atom. The molecule has 0 heterocycles. The van der Waals surface area contributed by atoms with Gasteiger partial charge in [-0.25, -0.2) is 0 Å². The summed E-state index contributed by atoms with van der Waals surface area (Å²) in [6.45, 7) is 0.549. The highest BCUT2D eigenvalue weighted by atomic mass is 16.3. The lowest BCUT2D eigenvalue weighted by atomic mass is 9.56. The Morgan fingerprint density at radius 3 is 2.46 bits per heavy atom. The molecule has 6 fully saturated rings. The van der Waals surface area contributed by atoms with Crippen molar-refractivity contribution in [2.75, 3.05) is 6.54 Å². The van der Waals surface area contributed by atoms with E-state index < -0.39 is 5.60 Å². The summed E-state index contributed by atoms with van der Waals surface area (Å²) in [6, 6.07) is 0.489. The maximum absolute atomic E-state index is 11.6. The highest BCUT2D eigenvalue weighted by Gasteiger charge is 2.84. The van der Waals surface area contributed by atoms with Crippen LogP contribution in [0.15, 0.2) is 4.99 Å². The number of aliphatic hydroxyl groups is 1. The minimum atomic E-state index is -0.527. The van der Waals surface area contributed by atoms with Crippen molar-refractivity contribution in [1.82, 2.24) is 5.32 Å². The fourth-order valence-corrected chi connectivity index (χ4v) is 8.83. The van der Waals surface area contributed by atoms with Crippen molar-refractivity contribution in [3.63, 3.8) is 0 Å². The monoisotopic (exact) mass is 329 g/mol. The van der Waals surface area contributed by atoms with Crippen LogP contribution in [-0.4, -0.2) is 29.3 Å². The Hall–Kier alpha value is -0.770. The molecule has 132 valence electrons. The Bertz CT molecular complexity index is 577. The molecule has 24 heavy (non-hydrogen) atoms. The number of nitrogens with one attached hydrogen (secondary N) is 1. The second-order valence-corrected chi connectivity index (χ2v) is 9.86. The van der Waals surface area contributed by atoms with Crippen LogP contribution < -0.4 is 11.1 Å². The largest absolute Gasteiger partial charge is 0.387 e. The Morgan fingerprint density at radius 2 is 1.67 bits per heavy atom. The van der Waals surface area contributed by atoms with E-state index in [2.05, 4.69) is 10.3 Å². The molecule has 6 aliphatic rings. The van der Waals surface area contributed by atoms with E-state index in [9.17, 15) is 5.11 Å². The molecule has 0 spiro atoms. The van der Waals surface area contributed by atoms with Crippen LogP contribution in [0.1, 0.15) is 51.4 Å². The number of hydrogen-bond donors (Lipinski definition) is 3. The van der Waals surface area contributed by atoms with Crippen LogP contribution in [0.25, 0.3) is 0 Å². The molecule has 4 N–H and O–H groups in total.